The summed E-state index contributed by atoms with van der Waals surface area (Å²) in [7, 11) is 0. The van der Waals surface area contributed by atoms with Gasteiger partial charge in [0, 0.05) is 25.3 Å². The maximum atomic E-state index is 12.5. The van der Waals surface area contributed by atoms with E-state index in [2.05, 4.69) is 5.10 Å². The number of carbonyl (C=O) groups is 2. The number of nitrogens with zero attached hydrogens (tertiary/aromatic N) is 4. The van der Waals surface area contributed by atoms with Crippen LogP contribution in [0.4, 0.5) is 5.82 Å². The molecule has 0 radical (unpaired) electrons. The number of anilines is 1. The molecule has 1 aromatic carbocycles. The fraction of sp³-hybridized carbons (Fsp3) is 0.400. The highest BCUT2D eigenvalue weighted by molar-refractivity contribution is 8.14. The molecule has 7 heteroatoms. The predicted molar refractivity (Wildman–Crippen MR) is 106 cm³/mol. The van der Waals surface area contributed by atoms with Gasteiger partial charge in [-0.25, -0.2) is 4.98 Å². The summed E-state index contributed by atoms with van der Waals surface area (Å²) in [5.41, 5.74) is 0.912. The lowest BCUT2D eigenvalue weighted by Gasteiger charge is -2.22. The van der Waals surface area contributed by atoms with Gasteiger partial charge in [0.15, 0.2) is 5.82 Å². The van der Waals surface area contributed by atoms with Crippen molar-refractivity contribution in [2.45, 2.75) is 56.9 Å². The van der Waals surface area contributed by atoms with Gasteiger partial charge < -0.3 is 0 Å². The van der Waals surface area contributed by atoms with Gasteiger partial charge in [0.25, 0.3) is 0 Å². The lowest BCUT2D eigenvalue weighted by atomic mass is 9.88. The minimum atomic E-state index is -0.214. The Morgan fingerprint density at radius 3 is 2.37 bits per heavy atom. The molecule has 1 aromatic heterocycles. The van der Waals surface area contributed by atoms with Gasteiger partial charge in [-0.15, -0.1) is 0 Å². The van der Waals surface area contributed by atoms with Gasteiger partial charge in [0.05, 0.1) is 0 Å². The van der Waals surface area contributed by atoms with Crippen molar-refractivity contribution in [3.63, 3.8) is 0 Å². The van der Waals surface area contributed by atoms with Crippen LogP contribution in [0.5, 0.6) is 0 Å². The summed E-state index contributed by atoms with van der Waals surface area (Å²) < 4.78 is 1.70. The zero-order valence-corrected chi connectivity index (χ0v) is 16.3. The summed E-state index contributed by atoms with van der Waals surface area (Å²) in [5.74, 6) is 1.21. The number of hydrogen-bond donors (Lipinski definition) is 0. The molecule has 140 valence electrons. The molecule has 1 fully saturated rings. The van der Waals surface area contributed by atoms with Crippen molar-refractivity contribution >= 4 is 34.4 Å². The Labute approximate surface area is 162 Å². The highest BCUT2D eigenvalue weighted by Gasteiger charge is 2.34. The van der Waals surface area contributed by atoms with Crippen molar-refractivity contribution in [1.82, 2.24) is 9.55 Å². The fourth-order valence-electron chi connectivity index (χ4n) is 3.75. The molecular weight excluding hydrogens is 360 g/mol. The lowest BCUT2D eigenvalue weighted by Crippen LogP contribution is -2.28. The van der Waals surface area contributed by atoms with Gasteiger partial charge in [-0.3, -0.25) is 14.2 Å². The number of rotatable bonds is 2. The maximum Gasteiger partial charge on any atom is 0.245 e. The van der Waals surface area contributed by atoms with Crippen molar-refractivity contribution in [2.75, 3.05) is 5.01 Å². The molecule has 2 aliphatic rings. The lowest BCUT2D eigenvalue weighted by molar-refractivity contribution is -0.116. The van der Waals surface area contributed by atoms with E-state index in [1.54, 1.807) is 11.5 Å². The number of fused-ring (bicyclic) bond motifs is 1. The number of hydrogen-bond acceptors (Lipinski definition) is 5. The van der Waals surface area contributed by atoms with Crippen molar-refractivity contribution in [3.8, 4) is 0 Å². The summed E-state index contributed by atoms with van der Waals surface area (Å²) >= 11 is 1.41. The second-order valence-electron chi connectivity index (χ2n) is 6.99. The Morgan fingerprint density at radius 2 is 1.74 bits per heavy atom. The van der Waals surface area contributed by atoms with Crippen LogP contribution in [-0.2, 0) is 4.79 Å². The maximum absolute atomic E-state index is 12.5. The molecule has 4 rings (SSSR count). The largest absolute Gasteiger partial charge is 0.274 e. The van der Waals surface area contributed by atoms with Crippen LogP contribution in [0.1, 0.15) is 68.1 Å². The van der Waals surface area contributed by atoms with E-state index in [-0.39, 0.29) is 17.7 Å². The van der Waals surface area contributed by atoms with E-state index in [1.165, 1.54) is 30.1 Å². The van der Waals surface area contributed by atoms with Crippen LogP contribution in [0.3, 0.4) is 0 Å². The fourth-order valence-corrected chi connectivity index (χ4v) is 4.84. The normalized spacial score (nSPS) is 17.4. The number of imidazole rings is 1. The van der Waals surface area contributed by atoms with Crippen LogP contribution < -0.4 is 5.01 Å². The zero-order valence-electron chi connectivity index (χ0n) is 15.5. The summed E-state index contributed by atoms with van der Waals surface area (Å²) in [6.07, 6.45) is 5.58. The third-order valence-electron chi connectivity index (χ3n) is 5.03. The van der Waals surface area contributed by atoms with Gasteiger partial charge in [0.1, 0.15) is 15.9 Å². The number of thioether (sulfide) groups is 1. The highest BCUT2D eigenvalue weighted by Crippen LogP contribution is 2.42. The van der Waals surface area contributed by atoms with Gasteiger partial charge in [-0.05, 0) is 24.6 Å². The SMILES string of the molecule is CC(=O)N1N=C(c2ccccc2)Sc2c1nc(C1CCCCC1)n2C(C)=O. The average molecular weight is 382 g/mol. The third-order valence-corrected chi connectivity index (χ3v) is 6.10. The van der Waals surface area contributed by atoms with Crippen LogP contribution in [0.25, 0.3) is 0 Å². The predicted octanol–water partition coefficient (Wildman–Crippen LogP) is 4.41. The Balaban J connectivity index is 1.83. The molecule has 27 heavy (non-hydrogen) atoms. The Morgan fingerprint density at radius 1 is 1.04 bits per heavy atom. The van der Waals surface area contributed by atoms with Crippen LogP contribution in [0, 0.1) is 0 Å². The van der Waals surface area contributed by atoms with Crippen LogP contribution in [0.2, 0.25) is 0 Å². The van der Waals surface area contributed by atoms with E-state index in [1.807, 2.05) is 30.3 Å². The Bertz CT molecular complexity index is 914. The van der Waals surface area contributed by atoms with Crippen LogP contribution in [0.15, 0.2) is 40.5 Å². The van der Waals surface area contributed by atoms with Gasteiger partial charge >= 0.3 is 0 Å². The van der Waals surface area contributed by atoms with Crippen molar-refractivity contribution < 1.29 is 9.59 Å². The molecule has 1 aliphatic heterocycles. The molecule has 0 unspecified atom stereocenters. The van der Waals surface area contributed by atoms with Crippen molar-refractivity contribution in [1.29, 1.82) is 0 Å². The number of carbonyl (C=O) groups excluding carboxylic acids is 2. The average Bonchev–Trinajstić information content (AvgIpc) is 3.08. The number of benzene rings is 1. The molecule has 0 saturated heterocycles. The number of hydrazone groups is 1. The van der Waals surface area contributed by atoms with E-state index >= 15 is 0 Å². The molecule has 0 bridgehead atoms. The third kappa shape index (κ3) is 3.32. The van der Waals surface area contributed by atoms with E-state index in [4.69, 9.17) is 4.98 Å². The summed E-state index contributed by atoms with van der Waals surface area (Å²) in [6, 6.07) is 9.70. The first kappa shape index (κ1) is 18.0. The summed E-state index contributed by atoms with van der Waals surface area (Å²) in [6.45, 7) is 3.03. The topological polar surface area (TPSA) is 67.6 Å². The molecule has 6 nitrogen and oxygen atoms in total. The molecule has 1 amide bonds. The molecule has 1 aliphatic carbocycles. The molecule has 0 N–H and O–H groups in total. The standard InChI is InChI=1S/C20H22N4O2S/c1-13(25)23-17(15-9-5-3-6-10-15)21-18-20(23)27-19(22-24(18)14(2)26)16-11-7-4-8-12-16/h4,7-8,11-12,15H,3,5-6,9-10H2,1-2H3. The van der Waals surface area contributed by atoms with Crippen LogP contribution in [-0.4, -0.2) is 26.4 Å². The molecule has 1 saturated carbocycles. The highest BCUT2D eigenvalue weighted by atomic mass is 32.2. The smallest absolute Gasteiger partial charge is 0.245 e. The molecule has 0 spiro atoms. The van der Waals surface area contributed by atoms with Gasteiger partial charge in [-0.2, -0.15) is 10.1 Å². The second kappa shape index (κ2) is 7.31. The van der Waals surface area contributed by atoms with Gasteiger partial charge in [0.2, 0.25) is 11.8 Å². The Hall–Kier alpha value is -2.41. The number of amides is 1. The van der Waals surface area contributed by atoms with Crippen LogP contribution >= 0.6 is 11.8 Å². The van der Waals surface area contributed by atoms with E-state index in [0.717, 1.165) is 37.1 Å². The number of aromatic nitrogens is 2. The minimum absolute atomic E-state index is 0.0744. The first-order chi connectivity index (χ1) is 13.1. The van der Waals surface area contributed by atoms with Crippen molar-refractivity contribution in [2.24, 2.45) is 5.10 Å². The van der Waals surface area contributed by atoms with E-state index in [0.29, 0.717) is 15.9 Å². The van der Waals surface area contributed by atoms with Gasteiger partial charge in [-0.1, -0.05) is 49.6 Å². The first-order valence-electron chi connectivity index (χ1n) is 9.32. The minimum Gasteiger partial charge on any atom is -0.274 e. The molecule has 2 aromatic rings. The molecule has 0 atom stereocenters. The summed E-state index contributed by atoms with van der Waals surface area (Å²) in [5, 5.41) is 7.24. The summed E-state index contributed by atoms with van der Waals surface area (Å²) in [4.78, 5) is 29.6. The quantitative estimate of drug-likeness (QED) is 0.771. The van der Waals surface area contributed by atoms with Crippen molar-refractivity contribution in [3.05, 3.63) is 41.7 Å². The molecular formula is C20H22N4O2S. The van der Waals surface area contributed by atoms with E-state index < -0.39 is 0 Å². The monoisotopic (exact) mass is 382 g/mol. The second-order valence-corrected chi connectivity index (χ2v) is 7.97. The first-order valence-corrected chi connectivity index (χ1v) is 10.1. The zero-order chi connectivity index (χ0) is 19.0. The van der Waals surface area contributed by atoms with E-state index in [9.17, 15) is 9.59 Å². The molecule has 2 heterocycles. The Kier molecular flexibility index (Phi) is 4.86.